The van der Waals surface area contributed by atoms with Crippen LogP contribution in [0, 0.1) is 5.41 Å². The molecule has 0 saturated carbocycles. The molecule has 1 aromatic heterocycles. The van der Waals surface area contributed by atoms with Gasteiger partial charge in [-0.2, -0.15) is 0 Å². The number of amides is 1. The Labute approximate surface area is 171 Å². The maximum atomic E-state index is 12.4. The molecule has 27 heavy (non-hydrogen) atoms. The minimum absolute atomic E-state index is 0.0194. The number of carbonyl (C=O) groups is 2. The molecular weight excluding hydrogens is 400 g/mol. The van der Waals surface area contributed by atoms with Crippen molar-refractivity contribution in [3.05, 3.63) is 53.1 Å². The first kappa shape index (κ1) is 19.9. The molecule has 0 saturated heterocycles. The SMILES string of the molecule is CC(C)(C)C(=O)Nc1ccc(C(=O)CSc2nc3cc(Cl)ccc3s2)cc1. The van der Waals surface area contributed by atoms with E-state index in [1.54, 1.807) is 35.6 Å². The van der Waals surface area contributed by atoms with Crippen LogP contribution >= 0.6 is 34.7 Å². The molecule has 0 aliphatic carbocycles. The second-order valence-corrected chi connectivity index (χ2v) is 9.77. The van der Waals surface area contributed by atoms with Crippen molar-refractivity contribution in [2.24, 2.45) is 5.41 Å². The van der Waals surface area contributed by atoms with Crippen molar-refractivity contribution in [2.75, 3.05) is 11.1 Å². The first-order valence-corrected chi connectivity index (χ1v) is 10.5. The minimum Gasteiger partial charge on any atom is -0.326 e. The van der Waals surface area contributed by atoms with Crippen LogP contribution in [0.15, 0.2) is 46.8 Å². The van der Waals surface area contributed by atoms with Gasteiger partial charge in [0.15, 0.2) is 10.1 Å². The quantitative estimate of drug-likeness (QED) is 0.413. The number of ketones is 1. The lowest BCUT2D eigenvalue weighted by Crippen LogP contribution is -2.27. The maximum absolute atomic E-state index is 12.4. The number of nitrogens with one attached hydrogen (secondary N) is 1. The van der Waals surface area contributed by atoms with Crippen LogP contribution in [0.4, 0.5) is 5.69 Å². The third kappa shape index (κ3) is 5.09. The van der Waals surface area contributed by atoms with Gasteiger partial charge in [-0.3, -0.25) is 9.59 Å². The van der Waals surface area contributed by atoms with Crippen LogP contribution in [0.2, 0.25) is 5.02 Å². The zero-order valence-electron chi connectivity index (χ0n) is 15.2. The first-order chi connectivity index (χ1) is 12.7. The van der Waals surface area contributed by atoms with Crippen molar-refractivity contribution < 1.29 is 9.59 Å². The third-order valence-electron chi connectivity index (χ3n) is 3.80. The molecule has 3 aromatic rings. The number of fused-ring (bicyclic) bond motifs is 1. The summed E-state index contributed by atoms with van der Waals surface area (Å²) in [7, 11) is 0. The van der Waals surface area contributed by atoms with Crippen molar-refractivity contribution in [1.82, 2.24) is 4.98 Å². The van der Waals surface area contributed by atoms with E-state index in [1.807, 2.05) is 39.0 Å². The van der Waals surface area contributed by atoms with E-state index in [2.05, 4.69) is 10.3 Å². The molecular formula is C20H19ClN2O2S2. The molecule has 0 atom stereocenters. The Bertz CT molecular complexity index is 991. The highest BCUT2D eigenvalue weighted by Crippen LogP contribution is 2.31. The predicted octanol–water partition coefficient (Wildman–Crippen LogP) is 5.91. The van der Waals surface area contributed by atoms with Gasteiger partial charge in [-0.15, -0.1) is 11.3 Å². The van der Waals surface area contributed by atoms with Crippen molar-refractivity contribution >= 4 is 62.3 Å². The molecule has 1 N–H and O–H groups in total. The average molecular weight is 419 g/mol. The topological polar surface area (TPSA) is 59.1 Å². The summed E-state index contributed by atoms with van der Waals surface area (Å²) < 4.78 is 1.89. The Morgan fingerprint density at radius 3 is 2.52 bits per heavy atom. The average Bonchev–Trinajstić information content (AvgIpc) is 3.01. The monoisotopic (exact) mass is 418 g/mol. The highest BCUT2D eigenvalue weighted by molar-refractivity contribution is 8.01. The zero-order valence-corrected chi connectivity index (χ0v) is 17.6. The number of rotatable bonds is 5. The number of carbonyl (C=O) groups excluding carboxylic acids is 2. The van der Waals surface area contributed by atoms with Crippen LogP contribution in [0.5, 0.6) is 0 Å². The van der Waals surface area contributed by atoms with E-state index >= 15 is 0 Å². The molecule has 0 spiro atoms. The lowest BCUT2D eigenvalue weighted by Gasteiger charge is -2.17. The Balaban J connectivity index is 1.61. The third-order valence-corrected chi connectivity index (χ3v) is 6.22. The smallest absolute Gasteiger partial charge is 0.229 e. The van der Waals surface area contributed by atoms with Crippen LogP contribution < -0.4 is 5.32 Å². The molecule has 0 aliphatic rings. The van der Waals surface area contributed by atoms with Crippen LogP contribution in [0.25, 0.3) is 10.2 Å². The molecule has 0 radical (unpaired) electrons. The van der Waals surface area contributed by atoms with E-state index in [9.17, 15) is 9.59 Å². The van der Waals surface area contributed by atoms with Crippen molar-refractivity contribution in [2.45, 2.75) is 25.1 Å². The van der Waals surface area contributed by atoms with Crippen LogP contribution in [0.1, 0.15) is 31.1 Å². The number of Topliss-reactive ketones (excluding diaryl/α,β-unsaturated/α-hetero) is 1. The largest absolute Gasteiger partial charge is 0.326 e. The summed E-state index contributed by atoms with van der Waals surface area (Å²) in [6.45, 7) is 5.56. The molecule has 0 aliphatic heterocycles. The molecule has 1 amide bonds. The fourth-order valence-electron chi connectivity index (χ4n) is 2.21. The summed E-state index contributed by atoms with van der Waals surface area (Å²) in [4.78, 5) is 28.9. The number of halogens is 1. The molecule has 1 heterocycles. The second-order valence-electron chi connectivity index (χ2n) is 7.09. The highest BCUT2D eigenvalue weighted by atomic mass is 35.5. The molecule has 0 unspecified atom stereocenters. The van der Waals surface area contributed by atoms with Gasteiger partial charge in [0.2, 0.25) is 5.91 Å². The summed E-state index contributed by atoms with van der Waals surface area (Å²) in [5.74, 6) is 0.264. The Kier molecular flexibility index (Phi) is 5.89. The Morgan fingerprint density at radius 2 is 1.85 bits per heavy atom. The van der Waals surface area contributed by atoms with E-state index < -0.39 is 5.41 Å². The summed E-state index contributed by atoms with van der Waals surface area (Å²) in [5, 5.41) is 3.50. The number of hydrogen-bond acceptors (Lipinski definition) is 5. The summed E-state index contributed by atoms with van der Waals surface area (Å²) in [5.41, 5.74) is 1.68. The fourth-order valence-corrected chi connectivity index (χ4v) is 4.32. The van der Waals surface area contributed by atoms with Gasteiger partial charge >= 0.3 is 0 Å². The van der Waals surface area contributed by atoms with E-state index in [1.165, 1.54) is 11.8 Å². The number of hydrogen-bond donors (Lipinski definition) is 1. The number of aromatic nitrogens is 1. The van der Waals surface area contributed by atoms with Gasteiger partial charge < -0.3 is 5.32 Å². The summed E-state index contributed by atoms with van der Waals surface area (Å²) in [6.07, 6.45) is 0. The van der Waals surface area contributed by atoms with Crippen molar-refractivity contribution in [3.63, 3.8) is 0 Å². The number of anilines is 1. The number of thiazole rings is 1. The lowest BCUT2D eigenvalue weighted by molar-refractivity contribution is -0.123. The highest BCUT2D eigenvalue weighted by Gasteiger charge is 2.21. The lowest BCUT2D eigenvalue weighted by atomic mass is 9.95. The molecule has 0 bridgehead atoms. The van der Waals surface area contributed by atoms with Crippen LogP contribution in [-0.2, 0) is 4.79 Å². The van der Waals surface area contributed by atoms with Gasteiger partial charge in [-0.1, -0.05) is 44.1 Å². The second kappa shape index (κ2) is 8.00. The van der Waals surface area contributed by atoms with E-state index in [4.69, 9.17) is 11.6 Å². The fraction of sp³-hybridized carbons (Fsp3) is 0.250. The van der Waals surface area contributed by atoms with E-state index in [0.717, 1.165) is 14.6 Å². The van der Waals surface area contributed by atoms with Crippen molar-refractivity contribution in [1.29, 1.82) is 0 Å². The van der Waals surface area contributed by atoms with E-state index in [0.29, 0.717) is 22.0 Å². The Morgan fingerprint density at radius 1 is 1.15 bits per heavy atom. The number of nitrogens with zero attached hydrogens (tertiary/aromatic N) is 1. The predicted molar refractivity (Wildman–Crippen MR) is 114 cm³/mol. The zero-order chi connectivity index (χ0) is 19.6. The van der Waals surface area contributed by atoms with Crippen LogP contribution in [0.3, 0.4) is 0 Å². The van der Waals surface area contributed by atoms with Crippen molar-refractivity contribution in [3.8, 4) is 0 Å². The Hall–Kier alpha value is -1.89. The molecule has 2 aromatic carbocycles. The van der Waals surface area contributed by atoms with Gasteiger partial charge in [0, 0.05) is 21.7 Å². The van der Waals surface area contributed by atoms with Gasteiger partial charge in [0.25, 0.3) is 0 Å². The number of benzene rings is 2. The van der Waals surface area contributed by atoms with Gasteiger partial charge in [0.05, 0.1) is 16.0 Å². The van der Waals surface area contributed by atoms with Gasteiger partial charge in [-0.05, 0) is 42.5 Å². The van der Waals surface area contributed by atoms with Crippen LogP contribution in [-0.4, -0.2) is 22.4 Å². The summed E-state index contributed by atoms with van der Waals surface area (Å²) >= 11 is 8.95. The summed E-state index contributed by atoms with van der Waals surface area (Å²) in [6, 6.07) is 12.6. The maximum Gasteiger partial charge on any atom is 0.229 e. The first-order valence-electron chi connectivity index (χ1n) is 8.36. The van der Waals surface area contributed by atoms with Gasteiger partial charge in [-0.25, -0.2) is 4.98 Å². The molecule has 0 fully saturated rings. The molecule has 7 heteroatoms. The normalized spacial score (nSPS) is 11.6. The number of thioether (sulfide) groups is 1. The molecule has 140 valence electrons. The standard InChI is InChI=1S/C20H19ClN2O2S2/c1-20(2,3)18(25)22-14-7-4-12(5-8-14)16(24)11-26-19-23-15-10-13(21)6-9-17(15)27-19/h4-10H,11H2,1-3H3,(H,22,25). The van der Waals surface area contributed by atoms with E-state index in [-0.39, 0.29) is 11.7 Å². The molecule has 3 rings (SSSR count). The van der Waals surface area contributed by atoms with Gasteiger partial charge in [0.1, 0.15) is 0 Å². The molecule has 4 nitrogen and oxygen atoms in total. The minimum atomic E-state index is -0.466.